The molecule has 0 saturated heterocycles. The Hall–Kier alpha value is -1.24. The van der Waals surface area contributed by atoms with Gasteiger partial charge in [0.2, 0.25) is 0 Å². The van der Waals surface area contributed by atoms with Gasteiger partial charge in [0.1, 0.15) is 5.75 Å². The predicted octanol–water partition coefficient (Wildman–Crippen LogP) is 4.07. The smallest absolute Gasteiger partial charge is 0.122 e. The number of ether oxygens (including phenoxy) is 1. The first-order valence-corrected chi connectivity index (χ1v) is 5.94. The van der Waals surface area contributed by atoms with Crippen LogP contribution >= 0.6 is 0 Å². The van der Waals surface area contributed by atoms with Crippen LogP contribution in [-0.4, -0.2) is 6.61 Å². The molecule has 88 valence electrons. The van der Waals surface area contributed by atoms with E-state index in [-0.39, 0.29) is 0 Å². The monoisotopic (exact) mass is 218 g/mol. The van der Waals surface area contributed by atoms with Crippen LogP contribution in [0.3, 0.4) is 0 Å². The van der Waals surface area contributed by atoms with Gasteiger partial charge in [-0.25, -0.2) is 0 Å². The van der Waals surface area contributed by atoms with Gasteiger partial charge in [-0.3, -0.25) is 0 Å². The number of aryl methyl sites for hydroxylation is 2. The van der Waals surface area contributed by atoms with Gasteiger partial charge in [0.15, 0.2) is 0 Å². The Bertz CT molecular complexity index is 366. The molecule has 0 aromatic heterocycles. The molecule has 0 fully saturated rings. The molecule has 1 aromatic rings. The maximum Gasteiger partial charge on any atom is 0.122 e. The molecule has 1 atom stereocenters. The van der Waals surface area contributed by atoms with Crippen molar-refractivity contribution in [3.63, 3.8) is 0 Å². The zero-order valence-electron chi connectivity index (χ0n) is 10.8. The highest BCUT2D eigenvalue weighted by atomic mass is 16.5. The number of hydrogen-bond acceptors (Lipinski definition) is 1. The van der Waals surface area contributed by atoms with Crippen LogP contribution in [0.5, 0.6) is 5.75 Å². The average Bonchev–Trinajstić information content (AvgIpc) is 2.25. The Balaban J connectivity index is 2.95. The van der Waals surface area contributed by atoms with E-state index < -0.39 is 0 Å². The van der Waals surface area contributed by atoms with E-state index in [4.69, 9.17) is 4.74 Å². The molecule has 0 spiro atoms. The van der Waals surface area contributed by atoms with Crippen LogP contribution in [0, 0.1) is 19.8 Å². The summed E-state index contributed by atoms with van der Waals surface area (Å²) in [6.45, 7) is 13.0. The zero-order chi connectivity index (χ0) is 12.1. The van der Waals surface area contributed by atoms with Gasteiger partial charge in [0, 0.05) is 0 Å². The lowest BCUT2D eigenvalue weighted by Crippen LogP contribution is -2.01. The second-order valence-electron chi connectivity index (χ2n) is 4.39. The van der Waals surface area contributed by atoms with Crippen molar-refractivity contribution in [2.75, 3.05) is 6.61 Å². The highest BCUT2D eigenvalue weighted by Gasteiger charge is 2.07. The van der Waals surface area contributed by atoms with Crippen LogP contribution < -0.4 is 4.74 Å². The maximum absolute atomic E-state index is 5.58. The first-order chi connectivity index (χ1) is 7.58. The topological polar surface area (TPSA) is 9.23 Å². The number of benzene rings is 1. The minimum Gasteiger partial charge on any atom is -0.494 e. The van der Waals surface area contributed by atoms with E-state index in [0.717, 1.165) is 18.8 Å². The highest BCUT2D eigenvalue weighted by Crippen LogP contribution is 2.24. The van der Waals surface area contributed by atoms with Crippen LogP contribution in [0.4, 0.5) is 0 Å². The number of allylic oxidation sites excluding steroid dienone is 1. The largest absolute Gasteiger partial charge is 0.494 e. The summed E-state index contributed by atoms with van der Waals surface area (Å²) in [5, 5.41) is 0. The fourth-order valence-corrected chi connectivity index (χ4v) is 1.81. The standard InChI is InChI=1S/C15H22O/c1-6-11(3)8-14-9-13(5)15(16-7-2)10-12(14)4/h6,9-11H,1,7-8H2,2-5H3. The quantitative estimate of drug-likeness (QED) is 0.677. The summed E-state index contributed by atoms with van der Waals surface area (Å²) in [5.74, 6) is 1.53. The molecule has 0 aliphatic carbocycles. The third kappa shape index (κ3) is 3.13. The molecule has 0 amide bonds. The van der Waals surface area contributed by atoms with Gasteiger partial charge in [0.05, 0.1) is 6.61 Å². The van der Waals surface area contributed by atoms with Crippen molar-refractivity contribution in [1.82, 2.24) is 0 Å². The lowest BCUT2D eigenvalue weighted by molar-refractivity contribution is 0.337. The molecular weight excluding hydrogens is 196 g/mol. The molecule has 1 rings (SSSR count). The van der Waals surface area contributed by atoms with Gasteiger partial charge in [-0.2, -0.15) is 0 Å². The van der Waals surface area contributed by atoms with Gasteiger partial charge in [-0.05, 0) is 55.9 Å². The van der Waals surface area contributed by atoms with Crippen molar-refractivity contribution in [2.24, 2.45) is 5.92 Å². The highest BCUT2D eigenvalue weighted by molar-refractivity contribution is 5.41. The lowest BCUT2D eigenvalue weighted by Gasteiger charge is -2.14. The van der Waals surface area contributed by atoms with E-state index in [1.54, 1.807) is 0 Å². The summed E-state index contributed by atoms with van der Waals surface area (Å²) >= 11 is 0. The van der Waals surface area contributed by atoms with Crippen molar-refractivity contribution in [1.29, 1.82) is 0 Å². The van der Waals surface area contributed by atoms with E-state index in [9.17, 15) is 0 Å². The fourth-order valence-electron chi connectivity index (χ4n) is 1.81. The van der Waals surface area contributed by atoms with Gasteiger partial charge in [-0.1, -0.05) is 19.1 Å². The maximum atomic E-state index is 5.58. The van der Waals surface area contributed by atoms with E-state index in [1.165, 1.54) is 16.7 Å². The molecule has 1 aromatic carbocycles. The number of rotatable bonds is 5. The first kappa shape index (κ1) is 12.8. The summed E-state index contributed by atoms with van der Waals surface area (Å²) in [5.41, 5.74) is 3.93. The predicted molar refractivity (Wildman–Crippen MR) is 70.2 cm³/mol. The third-order valence-electron chi connectivity index (χ3n) is 2.88. The van der Waals surface area contributed by atoms with Gasteiger partial charge in [0.25, 0.3) is 0 Å². The molecule has 0 N–H and O–H groups in total. The molecule has 0 heterocycles. The minimum absolute atomic E-state index is 0.524. The summed E-state index contributed by atoms with van der Waals surface area (Å²) in [6, 6.07) is 4.38. The van der Waals surface area contributed by atoms with Crippen molar-refractivity contribution < 1.29 is 4.74 Å². The summed E-state index contributed by atoms with van der Waals surface area (Å²) in [7, 11) is 0. The van der Waals surface area contributed by atoms with E-state index >= 15 is 0 Å². The van der Waals surface area contributed by atoms with Crippen molar-refractivity contribution in [2.45, 2.75) is 34.1 Å². The van der Waals surface area contributed by atoms with E-state index in [2.05, 4.69) is 39.5 Å². The van der Waals surface area contributed by atoms with Crippen molar-refractivity contribution in [3.8, 4) is 5.75 Å². The Kier molecular flexibility index (Phi) is 4.60. The number of hydrogen-bond donors (Lipinski definition) is 0. The third-order valence-corrected chi connectivity index (χ3v) is 2.88. The minimum atomic E-state index is 0.524. The summed E-state index contributed by atoms with van der Waals surface area (Å²) < 4.78 is 5.58. The van der Waals surface area contributed by atoms with Crippen molar-refractivity contribution in [3.05, 3.63) is 41.5 Å². The van der Waals surface area contributed by atoms with E-state index in [1.807, 2.05) is 13.0 Å². The SMILES string of the molecule is C=CC(C)Cc1cc(C)c(OCC)cc1C. The molecule has 1 nitrogen and oxygen atoms in total. The second kappa shape index (κ2) is 5.74. The first-order valence-electron chi connectivity index (χ1n) is 5.94. The molecule has 1 heteroatoms. The fraction of sp³-hybridized carbons (Fsp3) is 0.467. The Morgan fingerprint density at radius 2 is 2.00 bits per heavy atom. The molecular formula is C15H22O. The van der Waals surface area contributed by atoms with Gasteiger partial charge in [-0.15, -0.1) is 6.58 Å². The second-order valence-corrected chi connectivity index (χ2v) is 4.39. The molecule has 0 aliphatic rings. The molecule has 16 heavy (non-hydrogen) atoms. The summed E-state index contributed by atoms with van der Waals surface area (Å²) in [4.78, 5) is 0. The molecule has 0 saturated carbocycles. The Labute approximate surface area is 99.1 Å². The Morgan fingerprint density at radius 3 is 2.56 bits per heavy atom. The van der Waals surface area contributed by atoms with Crippen LogP contribution in [0.15, 0.2) is 24.8 Å². The normalized spacial score (nSPS) is 12.2. The molecule has 1 unspecified atom stereocenters. The van der Waals surface area contributed by atoms with Crippen LogP contribution in [0.1, 0.15) is 30.5 Å². The summed E-state index contributed by atoms with van der Waals surface area (Å²) in [6.07, 6.45) is 3.06. The van der Waals surface area contributed by atoms with Gasteiger partial charge < -0.3 is 4.74 Å². The van der Waals surface area contributed by atoms with Gasteiger partial charge >= 0.3 is 0 Å². The van der Waals surface area contributed by atoms with Crippen LogP contribution in [-0.2, 0) is 6.42 Å². The Morgan fingerprint density at radius 1 is 1.31 bits per heavy atom. The van der Waals surface area contributed by atoms with Crippen molar-refractivity contribution >= 4 is 0 Å². The molecule has 0 bridgehead atoms. The molecule has 0 aliphatic heterocycles. The van der Waals surface area contributed by atoms with E-state index in [0.29, 0.717) is 5.92 Å². The average molecular weight is 218 g/mol. The van der Waals surface area contributed by atoms with Crippen LogP contribution in [0.2, 0.25) is 0 Å². The zero-order valence-corrected chi connectivity index (χ0v) is 10.8. The molecule has 0 radical (unpaired) electrons. The lowest BCUT2D eigenvalue weighted by atomic mass is 9.95. The van der Waals surface area contributed by atoms with Crippen LogP contribution in [0.25, 0.3) is 0 Å².